The third-order valence-corrected chi connectivity index (χ3v) is 4.78. The molecular formula is C23H28N4O3. The number of esters is 1. The van der Waals surface area contributed by atoms with E-state index in [1.54, 1.807) is 21.8 Å². The van der Waals surface area contributed by atoms with Gasteiger partial charge in [0.25, 0.3) is 5.91 Å². The van der Waals surface area contributed by atoms with Gasteiger partial charge in [0.15, 0.2) is 12.3 Å². The second kappa shape index (κ2) is 8.65. The predicted octanol–water partition coefficient (Wildman–Crippen LogP) is 4.00. The standard InChI is InChI=1S/C23H28N4O3/c1-16(2)27-21-18(13-25-27)11-19(12-24-21)22(29)30-15-20(28)26(23(3,4)5)14-17-9-7-6-8-10-17/h6-13,16H,14-15H2,1-5H3. The number of carbonyl (C=O) groups excluding carboxylic acids is 2. The summed E-state index contributed by atoms with van der Waals surface area (Å²) in [5, 5.41) is 5.06. The maximum Gasteiger partial charge on any atom is 0.340 e. The summed E-state index contributed by atoms with van der Waals surface area (Å²) in [5.74, 6) is -0.829. The van der Waals surface area contributed by atoms with Gasteiger partial charge in [0, 0.05) is 29.7 Å². The van der Waals surface area contributed by atoms with E-state index < -0.39 is 11.5 Å². The van der Waals surface area contributed by atoms with Gasteiger partial charge in [-0.3, -0.25) is 4.79 Å². The molecular weight excluding hydrogens is 380 g/mol. The molecule has 0 spiro atoms. The molecule has 1 aromatic carbocycles. The van der Waals surface area contributed by atoms with Gasteiger partial charge in [0.1, 0.15) is 0 Å². The lowest BCUT2D eigenvalue weighted by molar-refractivity contribution is -0.140. The van der Waals surface area contributed by atoms with Crippen molar-refractivity contribution in [2.24, 2.45) is 0 Å². The highest BCUT2D eigenvalue weighted by Crippen LogP contribution is 2.19. The molecule has 0 radical (unpaired) electrons. The van der Waals surface area contributed by atoms with Crippen molar-refractivity contribution in [1.82, 2.24) is 19.7 Å². The van der Waals surface area contributed by atoms with E-state index in [0.29, 0.717) is 17.8 Å². The van der Waals surface area contributed by atoms with Crippen LogP contribution >= 0.6 is 0 Å². The molecule has 0 fully saturated rings. The van der Waals surface area contributed by atoms with Crippen LogP contribution in [0, 0.1) is 0 Å². The van der Waals surface area contributed by atoms with Crippen molar-refractivity contribution in [2.45, 2.75) is 52.7 Å². The lowest BCUT2D eigenvalue weighted by Crippen LogP contribution is -2.46. The van der Waals surface area contributed by atoms with Crippen LogP contribution in [0.4, 0.5) is 0 Å². The van der Waals surface area contributed by atoms with E-state index in [1.807, 2.05) is 65.0 Å². The molecule has 0 bridgehead atoms. The number of hydrogen-bond acceptors (Lipinski definition) is 5. The molecule has 158 valence electrons. The zero-order valence-corrected chi connectivity index (χ0v) is 18.1. The first-order valence-corrected chi connectivity index (χ1v) is 10.0. The number of amides is 1. The normalized spacial score (nSPS) is 11.7. The summed E-state index contributed by atoms with van der Waals surface area (Å²) in [6, 6.07) is 11.6. The van der Waals surface area contributed by atoms with Crippen molar-refractivity contribution in [1.29, 1.82) is 0 Å². The van der Waals surface area contributed by atoms with Crippen molar-refractivity contribution in [3.63, 3.8) is 0 Å². The fourth-order valence-corrected chi connectivity index (χ4v) is 3.18. The molecule has 0 N–H and O–H groups in total. The van der Waals surface area contributed by atoms with E-state index in [1.165, 1.54) is 6.20 Å². The number of pyridine rings is 1. The van der Waals surface area contributed by atoms with Crippen LogP contribution in [0.25, 0.3) is 11.0 Å². The SMILES string of the molecule is CC(C)n1ncc2cc(C(=O)OCC(=O)N(Cc3ccccc3)C(C)(C)C)cnc21. The lowest BCUT2D eigenvalue weighted by atomic mass is 10.0. The van der Waals surface area contributed by atoms with Gasteiger partial charge in [-0.1, -0.05) is 30.3 Å². The van der Waals surface area contributed by atoms with Gasteiger partial charge in [-0.05, 0) is 46.2 Å². The molecule has 0 aliphatic carbocycles. The van der Waals surface area contributed by atoms with E-state index >= 15 is 0 Å². The zero-order valence-electron chi connectivity index (χ0n) is 18.1. The van der Waals surface area contributed by atoms with Crippen LogP contribution in [-0.4, -0.2) is 43.7 Å². The molecule has 2 heterocycles. The third-order valence-electron chi connectivity index (χ3n) is 4.78. The van der Waals surface area contributed by atoms with Crippen LogP contribution in [0.1, 0.15) is 56.6 Å². The Morgan fingerprint density at radius 1 is 1.13 bits per heavy atom. The summed E-state index contributed by atoms with van der Waals surface area (Å²) in [6.07, 6.45) is 3.13. The topological polar surface area (TPSA) is 77.3 Å². The summed E-state index contributed by atoms with van der Waals surface area (Å²) in [4.78, 5) is 31.4. The van der Waals surface area contributed by atoms with Crippen LogP contribution < -0.4 is 0 Å². The molecule has 0 saturated carbocycles. The van der Waals surface area contributed by atoms with E-state index in [4.69, 9.17) is 4.74 Å². The number of carbonyl (C=O) groups is 2. The number of hydrogen-bond donors (Lipinski definition) is 0. The molecule has 1 amide bonds. The lowest BCUT2D eigenvalue weighted by Gasteiger charge is -2.35. The Bertz CT molecular complexity index is 1040. The van der Waals surface area contributed by atoms with Crippen LogP contribution in [0.3, 0.4) is 0 Å². The second-order valence-electron chi connectivity index (χ2n) is 8.53. The molecule has 2 aromatic heterocycles. The van der Waals surface area contributed by atoms with Crippen molar-refractivity contribution < 1.29 is 14.3 Å². The summed E-state index contributed by atoms with van der Waals surface area (Å²) in [5.41, 5.74) is 1.61. The first-order valence-electron chi connectivity index (χ1n) is 10.0. The molecule has 3 aromatic rings. The fraction of sp³-hybridized carbons (Fsp3) is 0.391. The smallest absolute Gasteiger partial charge is 0.340 e. The average Bonchev–Trinajstić information content (AvgIpc) is 3.13. The monoisotopic (exact) mass is 408 g/mol. The number of nitrogens with zero attached hydrogens (tertiary/aromatic N) is 4. The Kier molecular flexibility index (Phi) is 6.20. The second-order valence-corrected chi connectivity index (χ2v) is 8.53. The first kappa shape index (κ1) is 21.5. The molecule has 7 heteroatoms. The summed E-state index contributed by atoms with van der Waals surface area (Å²) in [6.45, 7) is 10.0. The largest absolute Gasteiger partial charge is 0.452 e. The summed E-state index contributed by atoms with van der Waals surface area (Å²) >= 11 is 0. The Hall–Kier alpha value is -3.22. The van der Waals surface area contributed by atoms with Crippen LogP contribution in [0.2, 0.25) is 0 Å². The Morgan fingerprint density at radius 2 is 1.83 bits per heavy atom. The van der Waals surface area contributed by atoms with Gasteiger partial charge in [0.2, 0.25) is 0 Å². The Morgan fingerprint density at radius 3 is 2.47 bits per heavy atom. The van der Waals surface area contributed by atoms with Crippen molar-refractivity contribution in [3.8, 4) is 0 Å². The predicted molar refractivity (Wildman–Crippen MR) is 115 cm³/mol. The number of ether oxygens (including phenoxy) is 1. The van der Waals surface area contributed by atoms with Gasteiger partial charge < -0.3 is 9.64 Å². The van der Waals surface area contributed by atoms with Gasteiger partial charge >= 0.3 is 5.97 Å². The average molecular weight is 409 g/mol. The maximum atomic E-state index is 12.8. The Balaban J connectivity index is 1.69. The zero-order chi connectivity index (χ0) is 21.9. The van der Waals surface area contributed by atoms with Gasteiger partial charge in [0.05, 0.1) is 11.8 Å². The maximum absolute atomic E-state index is 12.8. The minimum absolute atomic E-state index is 0.165. The van der Waals surface area contributed by atoms with Crippen LogP contribution in [0.15, 0.2) is 48.8 Å². The highest BCUT2D eigenvalue weighted by atomic mass is 16.5. The summed E-state index contributed by atoms with van der Waals surface area (Å²) in [7, 11) is 0. The van der Waals surface area contributed by atoms with E-state index in [0.717, 1.165) is 10.9 Å². The fourth-order valence-electron chi connectivity index (χ4n) is 3.18. The first-order chi connectivity index (χ1) is 14.2. The van der Waals surface area contributed by atoms with Crippen molar-refractivity contribution >= 4 is 22.9 Å². The molecule has 0 atom stereocenters. The minimum atomic E-state index is -0.580. The number of aromatic nitrogens is 3. The quantitative estimate of drug-likeness (QED) is 0.576. The molecule has 7 nitrogen and oxygen atoms in total. The van der Waals surface area contributed by atoms with Gasteiger partial charge in [-0.2, -0.15) is 5.10 Å². The molecule has 0 aliphatic rings. The number of benzene rings is 1. The molecule has 0 aliphatic heterocycles. The molecule has 30 heavy (non-hydrogen) atoms. The van der Waals surface area contributed by atoms with Gasteiger partial charge in [-0.15, -0.1) is 0 Å². The van der Waals surface area contributed by atoms with Gasteiger partial charge in [-0.25, -0.2) is 14.5 Å². The van der Waals surface area contributed by atoms with E-state index in [9.17, 15) is 9.59 Å². The van der Waals surface area contributed by atoms with E-state index in [-0.39, 0.29) is 18.6 Å². The highest BCUT2D eigenvalue weighted by molar-refractivity contribution is 5.94. The molecule has 3 rings (SSSR count). The van der Waals surface area contributed by atoms with E-state index in [2.05, 4.69) is 10.1 Å². The minimum Gasteiger partial charge on any atom is -0.452 e. The van der Waals surface area contributed by atoms with Crippen LogP contribution in [0.5, 0.6) is 0 Å². The third kappa shape index (κ3) is 4.84. The van der Waals surface area contributed by atoms with Crippen molar-refractivity contribution in [3.05, 3.63) is 59.9 Å². The molecule has 0 saturated heterocycles. The molecule has 0 unspecified atom stereocenters. The number of fused-ring (bicyclic) bond motifs is 1. The highest BCUT2D eigenvalue weighted by Gasteiger charge is 2.27. The van der Waals surface area contributed by atoms with Crippen molar-refractivity contribution in [2.75, 3.05) is 6.61 Å². The van der Waals surface area contributed by atoms with Crippen LogP contribution in [-0.2, 0) is 16.1 Å². The summed E-state index contributed by atoms with van der Waals surface area (Å²) < 4.78 is 7.10. The number of rotatable bonds is 6. The Labute approximate surface area is 176 Å².